The number of rotatable bonds is 4. The van der Waals surface area contributed by atoms with Crippen molar-refractivity contribution in [2.24, 2.45) is 5.92 Å². The second-order valence-corrected chi connectivity index (χ2v) is 4.47. The van der Waals surface area contributed by atoms with Crippen LogP contribution in [0, 0.1) is 5.92 Å². The van der Waals surface area contributed by atoms with Crippen LogP contribution in [-0.4, -0.2) is 36.7 Å². The average molecular weight is 243 g/mol. The van der Waals surface area contributed by atoms with Gasteiger partial charge in [-0.2, -0.15) is 0 Å². The summed E-state index contributed by atoms with van der Waals surface area (Å²) in [5.74, 6) is -0.747. The number of carbonyl (C=O) groups excluding carboxylic acids is 2. The van der Waals surface area contributed by atoms with Gasteiger partial charge in [-0.25, -0.2) is 4.79 Å². The van der Waals surface area contributed by atoms with Gasteiger partial charge in [-0.3, -0.25) is 4.79 Å². The van der Waals surface area contributed by atoms with Crippen LogP contribution in [0.15, 0.2) is 0 Å². The number of esters is 1. The number of aliphatic hydroxyl groups is 1. The molecule has 1 aliphatic rings. The maximum Gasteiger partial charge on any atom is 0.336 e. The molecule has 0 aromatic carbocycles. The lowest BCUT2D eigenvalue weighted by atomic mass is 9.99. The third-order valence-corrected chi connectivity index (χ3v) is 3.17. The Balaban J connectivity index is 2.30. The van der Waals surface area contributed by atoms with Crippen molar-refractivity contribution in [2.45, 2.75) is 44.6 Å². The summed E-state index contributed by atoms with van der Waals surface area (Å²) in [5, 5.41) is 11.9. The largest absolute Gasteiger partial charge is 0.467 e. The molecule has 1 saturated carbocycles. The highest BCUT2D eigenvalue weighted by atomic mass is 16.5. The normalized spacial score (nSPS) is 19.2. The average Bonchev–Trinajstić information content (AvgIpc) is 2.63. The van der Waals surface area contributed by atoms with Crippen LogP contribution < -0.4 is 5.32 Å². The van der Waals surface area contributed by atoms with Crippen molar-refractivity contribution in [3.63, 3.8) is 0 Å². The van der Waals surface area contributed by atoms with E-state index in [2.05, 4.69) is 10.1 Å². The smallest absolute Gasteiger partial charge is 0.336 e. The zero-order chi connectivity index (χ0) is 12.7. The number of carbonyl (C=O) groups is 2. The number of amides is 1. The molecule has 5 nitrogen and oxygen atoms in total. The second-order valence-electron chi connectivity index (χ2n) is 4.47. The van der Waals surface area contributed by atoms with Crippen molar-refractivity contribution in [3.05, 3.63) is 0 Å². The number of hydrogen-bond donors (Lipinski definition) is 2. The molecule has 17 heavy (non-hydrogen) atoms. The Kier molecular flexibility index (Phi) is 5.97. The first-order valence-corrected chi connectivity index (χ1v) is 6.18. The van der Waals surface area contributed by atoms with Gasteiger partial charge in [0.1, 0.15) is 0 Å². The van der Waals surface area contributed by atoms with Gasteiger partial charge in [-0.1, -0.05) is 25.7 Å². The number of nitrogens with one attached hydrogen (secondary N) is 1. The standard InChI is InChI=1S/C12H21NO4/c1-17-12(16)10(14)8-13-11(15)9-6-4-2-3-5-7-9/h9-10,14H,2-8H2,1H3,(H,13,15). The Morgan fingerprint density at radius 1 is 1.29 bits per heavy atom. The highest BCUT2D eigenvalue weighted by Gasteiger charge is 2.22. The van der Waals surface area contributed by atoms with E-state index in [-0.39, 0.29) is 18.4 Å². The predicted octanol–water partition coefficient (Wildman–Crippen LogP) is 0.607. The predicted molar refractivity (Wildman–Crippen MR) is 62.2 cm³/mol. The van der Waals surface area contributed by atoms with E-state index >= 15 is 0 Å². The van der Waals surface area contributed by atoms with Crippen LogP contribution in [0.1, 0.15) is 38.5 Å². The Bertz CT molecular complexity index is 259. The topological polar surface area (TPSA) is 75.6 Å². The highest BCUT2D eigenvalue weighted by molar-refractivity contribution is 5.80. The summed E-state index contributed by atoms with van der Waals surface area (Å²) < 4.78 is 4.37. The highest BCUT2D eigenvalue weighted by Crippen LogP contribution is 2.22. The molecular formula is C12H21NO4. The molecule has 0 aromatic heterocycles. The Morgan fingerprint density at radius 3 is 2.41 bits per heavy atom. The minimum Gasteiger partial charge on any atom is -0.467 e. The van der Waals surface area contributed by atoms with Crippen molar-refractivity contribution in [2.75, 3.05) is 13.7 Å². The Hall–Kier alpha value is -1.10. The maximum atomic E-state index is 11.8. The molecule has 1 fully saturated rings. The van der Waals surface area contributed by atoms with Crippen molar-refractivity contribution in [1.29, 1.82) is 0 Å². The first kappa shape index (κ1) is 14.0. The van der Waals surface area contributed by atoms with Gasteiger partial charge in [0.15, 0.2) is 6.10 Å². The van der Waals surface area contributed by atoms with E-state index in [1.54, 1.807) is 0 Å². The molecule has 0 aromatic rings. The van der Waals surface area contributed by atoms with Gasteiger partial charge in [0.2, 0.25) is 5.91 Å². The molecule has 0 bridgehead atoms. The molecule has 0 spiro atoms. The molecule has 1 rings (SSSR count). The van der Waals surface area contributed by atoms with Crippen LogP contribution in [-0.2, 0) is 14.3 Å². The SMILES string of the molecule is COC(=O)C(O)CNC(=O)C1CCCCCC1. The van der Waals surface area contributed by atoms with E-state index in [9.17, 15) is 14.7 Å². The lowest BCUT2D eigenvalue weighted by Gasteiger charge is -2.15. The van der Waals surface area contributed by atoms with E-state index in [0.29, 0.717) is 0 Å². The van der Waals surface area contributed by atoms with Crippen molar-refractivity contribution >= 4 is 11.9 Å². The van der Waals surface area contributed by atoms with Gasteiger partial charge < -0.3 is 15.2 Å². The van der Waals surface area contributed by atoms with Gasteiger partial charge in [0.05, 0.1) is 13.7 Å². The third-order valence-electron chi connectivity index (χ3n) is 3.17. The molecule has 0 radical (unpaired) electrons. The van der Waals surface area contributed by atoms with Crippen LogP contribution >= 0.6 is 0 Å². The first-order chi connectivity index (χ1) is 8.15. The van der Waals surface area contributed by atoms with E-state index in [0.717, 1.165) is 25.7 Å². The number of hydrogen-bond acceptors (Lipinski definition) is 4. The Labute approximate surface area is 102 Å². The van der Waals surface area contributed by atoms with Gasteiger partial charge in [0, 0.05) is 5.92 Å². The van der Waals surface area contributed by atoms with Crippen LogP contribution in [0.5, 0.6) is 0 Å². The number of ether oxygens (including phenoxy) is 1. The zero-order valence-electron chi connectivity index (χ0n) is 10.3. The molecule has 0 heterocycles. The zero-order valence-corrected chi connectivity index (χ0v) is 10.3. The molecule has 0 saturated heterocycles. The van der Waals surface area contributed by atoms with Crippen LogP contribution in [0.3, 0.4) is 0 Å². The van der Waals surface area contributed by atoms with Gasteiger partial charge >= 0.3 is 5.97 Å². The molecule has 0 aliphatic heterocycles. The van der Waals surface area contributed by atoms with Gasteiger partial charge in [0.25, 0.3) is 0 Å². The number of aliphatic hydroxyl groups excluding tert-OH is 1. The summed E-state index contributed by atoms with van der Waals surface area (Å²) in [7, 11) is 1.21. The lowest BCUT2D eigenvalue weighted by Crippen LogP contribution is -2.39. The second kappa shape index (κ2) is 7.27. The lowest BCUT2D eigenvalue weighted by molar-refractivity contribution is -0.150. The molecule has 5 heteroatoms. The molecular weight excluding hydrogens is 222 g/mol. The van der Waals surface area contributed by atoms with Crippen molar-refractivity contribution in [1.82, 2.24) is 5.32 Å². The van der Waals surface area contributed by atoms with Gasteiger partial charge in [-0.05, 0) is 12.8 Å². The first-order valence-electron chi connectivity index (χ1n) is 6.18. The fourth-order valence-corrected chi connectivity index (χ4v) is 2.10. The summed E-state index contributed by atoms with van der Waals surface area (Å²) in [6.45, 7) is -0.0675. The third kappa shape index (κ3) is 4.73. The van der Waals surface area contributed by atoms with Crippen LogP contribution in [0.2, 0.25) is 0 Å². The van der Waals surface area contributed by atoms with E-state index in [4.69, 9.17) is 0 Å². The molecule has 1 amide bonds. The quantitative estimate of drug-likeness (QED) is 0.560. The molecule has 2 N–H and O–H groups in total. The van der Waals surface area contributed by atoms with E-state index in [1.165, 1.54) is 20.0 Å². The van der Waals surface area contributed by atoms with E-state index < -0.39 is 12.1 Å². The fraction of sp³-hybridized carbons (Fsp3) is 0.833. The summed E-state index contributed by atoms with van der Waals surface area (Å²) in [4.78, 5) is 22.7. The summed E-state index contributed by atoms with van der Waals surface area (Å²) in [6, 6.07) is 0. The molecule has 1 atom stereocenters. The Morgan fingerprint density at radius 2 is 1.88 bits per heavy atom. The summed E-state index contributed by atoms with van der Waals surface area (Å²) in [5.41, 5.74) is 0. The van der Waals surface area contributed by atoms with Crippen molar-refractivity contribution in [3.8, 4) is 0 Å². The molecule has 1 aliphatic carbocycles. The van der Waals surface area contributed by atoms with Crippen LogP contribution in [0.4, 0.5) is 0 Å². The van der Waals surface area contributed by atoms with Crippen LogP contribution in [0.25, 0.3) is 0 Å². The molecule has 1 unspecified atom stereocenters. The molecule has 98 valence electrons. The monoisotopic (exact) mass is 243 g/mol. The van der Waals surface area contributed by atoms with Crippen molar-refractivity contribution < 1.29 is 19.4 Å². The fourth-order valence-electron chi connectivity index (χ4n) is 2.10. The van der Waals surface area contributed by atoms with Gasteiger partial charge in [-0.15, -0.1) is 0 Å². The maximum absolute atomic E-state index is 11.8. The minimum atomic E-state index is -1.27. The number of methoxy groups -OCH3 is 1. The minimum absolute atomic E-state index is 0.0300. The van der Waals surface area contributed by atoms with E-state index in [1.807, 2.05) is 0 Å². The summed E-state index contributed by atoms with van der Waals surface area (Å²) in [6.07, 6.45) is 5.08. The summed E-state index contributed by atoms with van der Waals surface area (Å²) >= 11 is 0.